The molecule has 0 radical (unpaired) electrons. The summed E-state index contributed by atoms with van der Waals surface area (Å²) in [5, 5.41) is 3.06. The zero-order valence-electron chi connectivity index (χ0n) is 7.76. The van der Waals surface area contributed by atoms with Crippen LogP contribution in [0.2, 0.25) is 0 Å². The van der Waals surface area contributed by atoms with Crippen LogP contribution in [0.1, 0.15) is 19.8 Å². The summed E-state index contributed by atoms with van der Waals surface area (Å²) in [6, 6.07) is 0. The second-order valence-electron chi connectivity index (χ2n) is 2.63. The third kappa shape index (κ3) is 6.57. The normalized spacial score (nSPS) is 11.8. The molecule has 4 nitrogen and oxygen atoms in total. The minimum absolute atomic E-state index is 0.160. The van der Waals surface area contributed by atoms with Crippen LogP contribution in [0, 0.1) is 0 Å². The summed E-state index contributed by atoms with van der Waals surface area (Å²) >= 11 is 0. The van der Waals surface area contributed by atoms with Gasteiger partial charge in [0.25, 0.3) is 0 Å². The maximum atomic E-state index is 10.9. The lowest BCUT2D eigenvalue weighted by Gasteiger charge is -2.03. The van der Waals surface area contributed by atoms with Crippen molar-refractivity contribution < 1.29 is 8.42 Å². The first-order valence-corrected chi connectivity index (χ1v) is 5.89. The summed E-state index contributed by atoms with van der Waals surface area (Å²) in [5.74, 6) is 0.160. The van der Waals surface area contributed by atoms with E-state index in [2.05, 4.69) is 17.0 Å². The molecule has 0 aliphatic heterocycles. The van der Waals surface area contributed by atoms with Crippen LogP contribution < -0.4 is 10.0 Å². The zero-order valence-corrected chi connectivity index (χ0v) is 8.58. The Labute approximate surface area is 74.8 Å². The van der Waals surface area contributed by atoms with E-state index in [1.54, 1.807) is 0 Å². The average Bonchev–Trinajstić information content (AvgIpc) is 2.04. The molecule has 0 aliphatic rings. The molecule has 5 heteroatoms. The largest absolute Gasteiger partial charge is 0.316 e. The van der Waals surface area contributed by atoms with Gasteiger partial charge in [-0.15, -0.1) is 0 Å². The summed E-state index contributed by atoms with van der Waals surface area (Å²) < 4.78 is 24.0. The Hall–Kier alpha value is -0.130. The molecule has 0 heterocycles. The molecule has 0 unspecified atom stereocenters. The SMILES string of the molecule is CCCCNCCS(=O)(=O)NC. The van der Waals surface area contributed by atoms with E-state index in [0.29, 0.717) is 6.54 Å². The van der Waals surface area contributed by atoms with Gasteiger partial charge >= 0.3 is 0 Å². The van der Waals surface area contributed by atoms with Crippen LogP contribution in [0.15, 0.2) is 0 Å². The Bertz CT molecular complexity index is 190. The van der Waals surface area contributed by atoms with E-state index in [1.165, 1.54) is 7.05 Å². The monoisotopic (exact) mass is 194 g/mol. The predicted molar refractivity (Wildman–Crippen MR) is 50.6 cm³/mol. The van der Waals surface area contributed by atoms with Crippen LogP contribution >= 0.6 is 0 Å². The fourth-order valence-electron chi connectivity index (χ4n) is 0.735. The van der Waals surface area contributed by atoms with Crippen molar-refractivity contribution in [2.45, 2.75) is 19.8 Å². The molecule has 0 amide bonds. The number of nitrogens with one attached hydrogen (secondary N) is 2. The van der Waals surface area contributed by atoms with Crippen LogP contribution in [0.3, 0.4) is 0 Å². The third-order valence-corrected chi connectivity index (χ3v) is 2.93. The Morgan fingerprint density at radius 3 is 2.42 bits per heavy atom. The van der Waals surface area contributed by atoms with Crippen LogP contribution in [-0.2, 0) is 10.0 Å². The molecule has 0 bridgehead atoms. The lowest BCUT2D eigenvalue weighted by Crippen LogP contribution is -2.29. The highest BCUT2D eigenvalue weighted by Crippen LogP contribution is 1.83. The van der Waals surface area contributed by atoms with Gasteiger partial charge in [0.05, 0.1) is 5.75 Å². The van der Waals surface area contributed by atoms with Crippen molar-refractivity contribution >= 4 is 10.0 Å². The van der Waals surface area contributed by atoms with Gasteiger partial charge in [0.1, 0.15) is 0 Å². The second kappa shape index (κ2) is 6.39. The molecule has 0 spiro atoms. The average molecular weight is 194 g/mol. The fraction of sp³-hybridized carbons (Fsp3) is 1.00. The van der Waals surface area contributed by atoms with E-state index in [0.717, 1.165) is 19.4 Å². The lowest BCUT2D eigenvalue weighted by atomic mass is 10.3. The maximum Gasteiger partial charge on any atom is 0.212 e. The molecule has 2 N–H and O–H groups in total. The quantitative estimate of drug-likeness (QED) is 0.558. The molecule has 0 atom stereocenters. The first kappa shape index (κ1) is 11.9. The van der Waals surface area contributed by atoms with Crippen molar-refractivity contribution in [1.82, 2.24) is 10.0 Å². The minimum Gasteiger partial charge on any atom is -0.316 e. The highest BCUT2D eigenvalue weighted by molar-refractivity contribution is 7.89. The molecular weight excluding hydrogens is 176 g/mol. The summed E-state index contributed by atoms with van der Waals surface area (Å²) in [5.41, 5.74) is 0. The minimum atomic E-state index is -3.02. The fourth-order valence-corrected chi connectivity index (χ4v) is 1.35. The topological polar surface area (TPSA) is 58.2 Å². The highest BCUT2D eigenvalue weighted by Gasteiger charge is 2.04. The van der Waals surface area contributed by atoms with E-state index < -0.39 is 10.0 Å². The Morgan fingerprint density at radius 1 is 1.25 bits per heavy atom. The highest BCUT2D eigenvalue weighted by atomic mass is 32.2. The number of sulfonamides is 1. The molecule has 12 heavy (non-hydrogen) atoms. The van der Waals surface area contributed by atoms with E-state index in [-0.39, 0.29) is 5.75 Å². The first-order valence-electron chi connectivity index (χ1n) is 4.24. The second-order valence-corrected chi connectivity index (χ2v) is 4.67. The van der Waals surface area contributed by atoms with Gasteiger partial charge < -0.3 is 5.32 Å². The predicted octanol–water partition coefficient (Wildman–Crippen LogP) is -0.0747. The van der Waals surface area contributed by atoms with Gasteiger partial charge in [-0.25, -0.2) is 13.1 Å². The first-order chi connectivity index (χ1) is 5.62. The van der Waals surface area contributed by atoms with Crippen LogP contribution in [-0.4, -0.2) is 34.3 Å². The summed E-state index contributed by atoms with van der Waals surface area (Å²) in [6.07, 6.45) is 2.23. The van der Waals surface area contributed by atoms with Crippen LogP contribution in [0.25, 0.3) is 0 Å². The summed E-state index contributed by atoms with van der Waals surface area (Å²) in [6.45, 7) is 3.53. The van der Waals surface area contributed by atoms with E-state index in [9.17, 15) is 8.42 Å². The van der Waals surface area contributed by atoms with Gasteiger partial charge in [0.2, 0.25) is 10.0 Å². The van der Waals surface area contributed by atoms with Crippen molar-refractivity contribution in [1.29, 1.82) is 0 Å². The van der Waals surface area contributed by atoms with Crippen molar-refractivity contribution in [3.8, 4) is 0 Å². The smallest absolute Gasteiger partial charge is 0.212 e. The van der Waals surface area contributed by atoms with Gasteiger partial charge in [-0.05, 0) is 20.0 Å². The van der Waals surface area contributed by atoms with Crippen molar-refractivity contribution in [3.05, 3.63) is 0 Å². The number of unbranched alkanes of at least 4 members (excludes halogenated alkanes) is 1. The van der Waals surface area contributed by atoms with Gasteiger partial charge in [-0.3, -0.25) is 0 Å². The van der Waals surface area contributed by atoms with Crippen molar-refractivity contribution in [2.24, 2.45) is 0 Å². The molecule has 0 saturated heterocycles. The number of rotatable bonds is 7. The Morgan fingerprint density at radius 2 is 1.92 bits per heavy atom. The zero-order chi connectivity index (χ0) is 9.45. The molecule has 0 aromatic rings. The van der Waals surface area contributed by atoms with E-state index in [4.69, 9.17) is 0 Å². The molecule has 0 rings (SSSR count). The number of hydrogen-bond donors (Lipinski definition) is 2. The van der Waals surface area contributed by atoms with Crippen LogP contribution in [0.4, 0.5) is 0 Å². The third-order valence-electron chi connectivity index (χ3n) is 1.57. The molecule has 74 valence electrons. The Kier molecular flexibility index (Phi) is 6.32. The van der Waals surface area contributed by atoms with Gasteiger partial charge in [0, 0.05) is 6.54 Å². The lowest BCUT2D eigenvalue weighted by molar-refractivity contribution is 0.581. The molecule has 0 aliphatic carbocycles. The van der Waals surface area contributed by atoms with Gasteiger partial charge in [-0.2, -0.15) is 0 Å². The van der Waals surface area contributed by atoms with E-state index in [1.807, 2.05) is 0 Å². The summed E-state index contributed by atoms with van der Waals surface area (Å²) in [4.78, 5) is 0. The van der Waals surface area contributed by atoms with Crippen LogP contribution in [0.5, 0.6) is 0 Å². The molecular formula is C7H18N2O2S. The molecule has 0 fully saturated rings. The standard InChI is InChI=1S/C7H18N2O2S/c1-3-4-5-9-6-7-12(10,11)8-2/h8-9H,3-7H2,1-2H3. The van der Waals surface area contributed by atoms with E-state index >= 15 is 0 Å². The molecule has 0 aromatic heterocycles. The Balaban J connectivity index is 3.32. The van der Waals surface area contributed by atoms with Gasteiger partial charge in [0.15, 0.2) is 0 Å². The molecule has 0 saturated carbocycles. The van der Waals surface area contributed by atoms with Gasteiger partial charge in [-0.1, -0.05) is 13.3 Å². The van der Waals surface area contributed by atoms with Crippen molar-refractivity contribution in [3.63, 3.8) is 0 Å². The summed E-state index contributed by atoms with van der Waals surface area (Å²) in [7, 11) is -1.59. The maximum absolute atomic E-state index is 10.9. The van der Waals surface area contributed by atoms with Crippen molar-refractivity contribution in [2.75, 3.05) is 25.9 Å². The molecule has 0 aromatic carbocycles. The number of hydrogen-bond acceptors (Lipinski definition) is 3.